The number of rotatable bonds is 3. The Labute approximate surface area is 159 Å². The van der Waals surface area contributed by atoms with E-state index in [1.54, 1.807) is 0 Å². The normalized spacial score (nSPS) is 22.4. The summed E-state index contributed by atoms with van der Waals surface area (Å²) in [5, 5.41) is 9.73. The van der Waals surface area contributed by atoms with E-state index in [0.29, 0.717) is 6.61 Å². The smallest absolute Gasteiger partial charge is 0.410 e. The second kappa shape index (κ2) is 6.38. The van der Waals surface area contributed by atoms with Crippen LogP contribution in [0.2, 0.25) is 0 Å². The number of hydrogen-bond acceptors (Lipinski definition) is 3. The molecule has 1 saturated carbocycles. The first kappa shape index (κ1) is 16.8. The topological polar surface area (TPSA) is 49.8 Å². The van der Waals surface area contributed by atoms with Gasteiger partial charge in [-0.3, -0.25) is 4.90 Å². The van der Waals surface area contributed by atoms with E-state index in [9.17, 15) is 9.90 Å². The number of fused-ring (bicyclic) bond motifs is 3. The van der Waals surface area contributed by atoms with Gasteiger partial charge in [-0.15, -0.1) is 0 Å². The maximum absolute atomic E-state index is 13.0. The first-order valence-electron chi connectivity index (χ1n) is 9.99. The lowest BCUT2D eigenvalue weighted by Crippen LogP contribution is -2.55. The van der Waals surface area contributed by atoms with Gasteiger partial charge >= 0.3 is 6.09 Å². The molecule has 0 aromatic heterocycles. The van der Waals surface area contributed by atoms with Crippen molar-refractivity contribution in [1.82, 2.24) is 4.90 Å². The van der Waals surface area contributed by atoms with Crippen LogP contribution >= 0.6 is 0 Å². The lowest BCUT2D eigenvalue weighted by atomic mass is 9.75. The Morgan fingerprint density at radius 1 is 1.04 bits per heavy atom. The average Bonchev–Trinajstić information content (AvgIpc) is 3.23. The molecule has 1 amide bonds. The number of benzene rings is 2. The van der Waals surface area contributed by atoms with Gasteiger partial charge in [0.2, 0.25) is 0 Å². The predicted octanol–water partition coefficient (Wildman–Crippen LogP) is 4.31. The quantitative estimate of drug-likeness (QED) is 0.884. The van der Waals surface area contributed by atoms with E-state index in [1.165, 1.54) is 22.3 Å². The number of aliphatic hydroxyl groups excluding tert-OH is 1. The summed E-state index contributed by atoms with van der Waals surface area (Å²) in [5.74, 6) is 0.0777. The molecule has 1 aliphatic heterocycles. The van der Waals surface area contributed by atoms with Crippen molar-refractivity contribution in [3.63, 3.8) is 0 Å². The van der Waals surface area contributed by atoms with Crippen LogP contribution in [0.1, 0.15) is 49.1 Å². The Hall–Kier alpha value is -2.33. The van der Waals surface area contributed by atoms with E-state index < -0.39 is 0 Å². The molecule has 5 rings (SSSR count). The van der Waals surface area contributed by atoms with Gasteiger partial charge in [0.1, 0.15) is 6.61 Å². The van der Waals surface area contributed by atoms with E-state index in [0.717, 1.165) is 32.1 Å². The van der Waals surface area contributed by atoms with Crippen molar-refractivity contribution < 1.29 is 14.6 Å². The lowest BCUT2D eigenvalue weighted by Gasteiger charge is -2.46. The molecule has 1 unspecified atom stereocenters. The van der Waals surface area contributed by atoms with E-state index in [-0.39, 0.29) is 30.2 Å². The fourth-order valence-corrected chi connectivity index (χ4v) is 5.33. The third kappa shape index (κ3) is 2.50. The van der Waals surface area contributed by atoms with Crippen LogP contribution < -0.4 is 0 Å². The minimum Gasteiger partial charge on any atom is -0.448 e. The van der Waals surface area contributed by atoms with Gasteiger partial charge in [0, 0.05) is 11.5 Å². The van der Waals surface area contributed by atoms with E-state index in [4.69, 9.17) is 4.74 Å². The molecule has 27 heavy (non-hydrogen) atoms. The minimum absolute atomic E-state index is 0.0198. The van der Waals surface area contributed by atoms with Gasteiger partial charge in [-0.1, -0.05) is 48.5 Å². The number of carbonyl (C=O) groups excluding carboxylic acids is 1. The van der Waals surface area contributed by atoms with E-state index >= 15 is 0 Å². The zero-order chi connectivity index (χ0) is 18.4. The highest BCUT2D eigenvalue weighted by molar-refractivity contribution is 5.79. The highest BCUT2D eigenvalue weighted by atomic mass is 16.6. The fourth-order valence-electron chi connectivity index (χ4n) is 5.33. The molecule has 1 N–H and O–H groups in total. The third-order valence-corrected chi connectivity index (χ3v) is 6.85. The Kier molecular flexibility index (Phi) is 3.97. The molecule has 3 aliphatic rings. The van der Waals surface area contributed by atoms with Crippen LogP contribution in [0.5, 0.6) is 0 Å². The molecule has 1 spiro atoms. The summed E-state index contributed by atoms with van der Waals surface area (Å²) in [4.78, 5) is 14.9. The van der Waals surface area contributed by atoms with Gasteiger partial charge in [0.25, 0.3) is 0 Å². The van der Waals surface area contributed by atoms with Crippen LogP contribution in [-0.4, -0.2) is 40.9 Å². The van der Waals surface area contributed by atoms with Crippen LogP contribution in [0.25, 0.3) is 11.1 Å². The second-order valence-corrected chi connectivity index (χ2v) is 8.13. The van der Waals surface area contributed by atoms with Gasteiger partial charge in [-0.2, -0.15) is 0 Å². The number of hydrogen-bond donors (Lipinski definition) is 1. The molecule has 2 aliphatic carbocycles. The zero-order valence-electron chi connectivity index (χ0n) is 15.4. The Balaban J connectivity index is 1.38. The number of likely N-dealkylation sites (tertiary alicyclic amines) is 1. The molecule has 1 heterocycles. The molecule has 140 valence electrons. The highest BCUT2D eigenvalue weighted by Crippen LogP contribution is 2.49. The van der Waals surface area contributed by atoms with Crippen LogP contribution in [0, 0.1) is 0 Å². The largest absolute Gasteiger partial charge is 0.448 e. The number of ether oxygens (including phenoxy) is 1. The zero-order valence-corrected chi connectivity index (χ0v) is 15.4. The Morgan fingerprint density at radius 2 is 1.67 bits per heavy atom. The van der Waals surface area contributed by atoms with Gasteiger partial charge in [0.05, 0.1) is 12.6 Å². The summed E-state index contributed by atoms with van der Waals surface area (Å²) in [6, 6.07) is 16.7. The summed E-state index contributed by atoms with van der Waals surface area (Å²) in [6.45, 7) is 0.365. The van der Waals surface area contributed by atoms with Gasteiger partial charge in [0.15, 0.2) is 0 Å². The van der Waals surface area contributed by atoms with Crippen molar-refractivity contribution in [2.24, 2.45) is 0 Å². The van der Waals surface area contributed by atoms with E-state index in [1.807, 2.05) is 17.0 Å². The Bertz CT molecular complexity index is 828. The predicted molar refractivity (Wildman–Crippen MR) is 104 cm³/mol. The van der Waals surface area contributed by atoms with Crippen molar-refractivity contribution in [2.75, 3.05) is 13.2 Å². The summed E-state index contributed by atoms with van der Waals surface area (Å²) in [6.07, 6.45) is 4.84. The first-order chi connectivity index (χ1) is 13.2. The number of aliphatic hydroxyl groups is 1. The lowest BCUT2D eigenvalue weighted by molar-refractivity contribution is 0.00546. The number of amides is 1. The van der Waals surface area contributed by atoms with Crippen molar-refractivity contribution in [2.45, 2.75) is 49.6 Å². The van der Waals surface area contributed by atoms with Crippen LogP contribution in [0.15, 0.2) is 48.5 Å². The Morgan fingerprint density at radius 3 is 2.22 bits per heavy atom. The third-order valence-electron chi connectivity index (χ3n) is 6.85. The van der Waals surface area contributed by atoms with Crippen LogP contribution in [0.4, 0.5) is 4.79 Å². The highest BCUT2D eigenvalue weighted by Gasteiger charge is 2.52. The molecule has 1 atom stereocenters. The molecule has 2 aromatic rings. The van der Waals surface area contributed by atoms with Gasteiger partial charge < -0.3 is 9.84 Å². The summed E-state index contributed by atoms with van der Waals surface area (Å²) >= 11 is 0. The molecule has 0 bridgehead atoms. The molecular formula is C23H25NO3. The van der Waals surface area contributed by atoms with Crippen LogP contribution in [0.3, 0.4) is 0 Å². The molecule has 4 heteroatoms. The molecule has 1 saturated heterocycles. The molecule has 2 aromatic carbocycles. The monoisotopic (exact) mass is 363 g/mol. The van der Waals surface area contributed by atoms with Crippen molar-refractivity contribution in [1.29, 1.82) is 0 Å². The summed E-state index contributed by atoms with van der Waals surface area (Å²) in [5.41, 5.74) is 4.86. The van der Waals surface area contributed by atoms with Crippen molar-refractivity contribution >= 4 is 6.09 Å². The number of carbonyl (C=O) groups is 1. The fraction of sp³-hybridized carbons (Fsp3) is 0.435. The summed E-state index contributed by atoms with van der Waals surface area (Å²) in [7, 11) is 0. The maximum atomic E-state index is 13.0. The van der Waals surface area contributed by atoms with Crippen LogP contribution in [-0.2, 0) is 4.74 Å². The standard InChI is InChI=1S/C23H25NO3/c25-14-16-10-13-23(11-5-12-23)24(16)22(26)27-15-21-19-8-3-1-6-17(19)18-7-2-4-9-20(18)21/h1-4,6-9,16,21,25H,5,10-15H2. The van der Waals surface area contributed by atoms with Gasteiger partial charge in [-0.25, -0.2) is 4.79 Å². The molecule has 2 fully saturated rings. The average molecular weight is 363 g/mol. The van der Waals surface area contributed by atoms with Crippen molar-refractivity contribution in [3.05, 3.63) is 59.7 Å². The SMILES string of the molecule is O=C(OCC1c2ccccc2-c2ccccc21)N1C(CO)CCC12CCC2. The maximum Gasteiger partial charge on any atom is 0.410 e. The molecule has 4 nitrogen and oxygen atoms in total. The molecule has 0 radical (unpaired) electrons. The van der Waals surface area contributed by atoms with Crippen molar-refractivity contribution in [3.8, 4) is 11.1 Å². The second-order valence-electron chi connectivity index (χ2n) is 8.13. The first-order valence-corrected chi connectivity index (χ1v) is 9.99. The molecular weight excluding hydrogens is 338 g/mol. The van der Waals surface area contributed by atoms with E-state index in [2.05, 4.69) is 36.4 Å². The van der Waals surface area contributed by atoms with Gasteiger partial charge in [-0.05, 0) is 54.4 Å². The number of nitrogens with zero attached hydrogens (tertiary/aromatic N) is 1. The summed E-state index contributed by atoms with van der Waals surface area (Å²) < 4.78 is 5.86. The minimum atomic E-state index is -0.256.